The summed E-state index contributed by atoms with van der Waals surface area (Å²) in [7, 11) is 0. The molecule has 1 fully saturated rings. The maximum Gasteiger partial charge on any atom is 0.394 e. The van der Waals surface area contributed by atoms with Crippen molar-refractivity contribution in [2.75, 3.05) is 0 Å². The van der Waals surface area contributed by atoms with Gasteiger partial charge in [-0.25, -0.2) is 0 Å². The first-order valence-corrected chi connectivity index (χ1v) is 10.2. The van der Waals surface area contributed by atoms with Crippen LogP contribution in [0.4, 0.5) is 8.78 Å². The van der Waals surface area contributed by atoms with Crippen LogP contribution in [-0.4, -0.2) is 22.2 Å². The number of aromatic nitrogens is 2. The van der Waals surface area contributed by atoms with Crippen molar-refractivity contribution >= 4 is 17.5 Å². The fourth-order valence-corrected chi connectivity index (χ4v) is 3.80. The molecule has 0 atom stereocenters. The average Bonchev–Trinajstić information content (AvgIpc) is 3.38. The number of benzene rings is 2. The molecule has 0 spiro atoms. The molecule has 0 aliphatic heterocycles. The normalized spacial score (nSPS) is 15.6. The monoisotopic (exact) mass is 447 g/mol. The van der Waals surface area contributed by atoms with Crippen LogP contribution in [0.1, 0.15) is 48.9 Å². The highest BCUT2D eigenvalue weighted by molar-refractivity contribution is 6.30. The first-order chi connectivity index (χ1) is 14.7. The second kappa shape index (κ2) is 8.26. The van der Waals surface area contributed by atoms with Gasteiger partial charge in [0.1, 0.15) is 11.3 Å². The standard InChI is InChI=1S/C22H20ClF2N3O3/c1-21(24,25)30-17-10-6-14(7-11-17)18-26-20(31-28-18)22(12-2-3-13-22)27-19(29)15-4-8-16(23)9-5-15/h4-11H,2-3,12-13H2,1H3,(H,27,29). The molecule has 3 aromatic rings. The number of amides is 1. The zero-order valence-electron chi connectivity index (χ0n) is 16.7. The summed E-state index contributed by atoms with van der Waals surface area (Å²) in [5.74, 6) is 0.405. The van der Waals surface area contributed by atoms with Gasteiger partial charge >= 0.3 is 6.11 Å². The van der Waals surface area contributed by atoms with Crippen LogP contribution in [0.5, 0.6) is 5.75 Å². The van der Waals surface area contributed by atoms with Crippen molar-refractivity contribution in [2.24, 2.45) is 0 Å². The minimum Gasteiger partial charge on any atom is -0.433 e. The molecular weight excluding hydrogens is 428 g/mol. The van der Waals surface area contributed by atoms with Crippen LogP contribution in [0.15, 0.2) is 53.1 Å². The summed E-state index contributed by atoms with van der Waals surface area (Å²) < 4.78 is 36.0. The third-order valence-electron chi connectivity index (χ3n) is 5.16. The van der Waals surface area contributed by atoms with E-state index in [2.05, 4.69) is 20.2 Å². The second-order valence-electron chi connectivity index (χ2n) is 7.61. The fourth-order valence-electron chi connectivity index (χ4n) is 3.68. The summed E-state index contributed by atoms with van der Waals surface area (Å²) >= 11 is 5.90. The van der Waals surface area contributed by atoms with Gasteiger partial charge in [-0.3, -0.25) is 4.79 Å². The molecule has 1 amide bonds. The molecule has 9 heteroatoms. The van der Waals surface area contributed by atoms with Gasteiger partial charge in [0.15, 0.2) is 0 Å². The fraction of sp³-hybridized carbons (Fsp3) is 0.318. The summed E-state index contributed by atoms with van der Waals surface area (Å²) in [4.78, 5) is 17.3. The molecule has 1 N–H and O–H groups in total. The minimum absolute atomic E-state index is 0.0301. The Morgan fingerprint density at radius 3 is 2.39 bits per heavy atom. The van der Waals surface area contributed by atoms with E-state index in [4.69, 9.17) is 16.1 Å². The van der Waals surface area contributed by atoms with E-state index in [1.54, 1.807) is 36.4 Å². The Kier molecular flexibility index (Phi) is 5.66. The molecule has 2 aromatic carbocycles. The van der Waals surface area contributed by atoms with Crippen molar-refractivity contribution in [3.8, 4) is 17.1 Å². The Hall–Kier alpha value is -3.00. The van der Waals surface area contributed by atoms with Gasteiger partial charge in [0, 0.05) is 23.1 Å². The van der Waals surface area contributed by atoms with Crippen molar-refractivity contribution in [1.29, 1.82) is 0 Å². The summed E-state index contributed by atoms with van der Waals surface area (Å²) in [5.41, 5.74) is 0.313. The van der Waals surface area contributed by atoms with E-state index in [0.717, 1.165) is 12.8 Å². The zero-order valence-corrected chi connectivity index (χ0v) is 17.5. The zero-order chi connectivity index (χ0) is 22.1. The lowest BCUT2D eigenvalue weighted by atomic mass is 9.96. The van der Waals surface area contributed by atoms with Crippen LogP contribution in [0.25, 0.3) is 11.4 Å². The molecule has 0 radical (unpaired) electrons. The first kappa shape index (κ1) is 21.2. The van der Waals surface area contributed by atoms with Gasteiger partial charge in [-0.2, -0.15) is 13.8 Å². The van der Waals surface area contributed by atoms with Gasteiger partial charge in [-0.15, -0.1) is 0 Å². The Bertz CT molecular complexity index is 1060. The number of alkyl halides is 2. The van der Waals surface area contributed by atoms with E-state index >= 15 is 0 Å². The average molecular weight is 448 g/mol. The van der Waals surface area contributed by atoms with E-state index < -0.39 is 11.6 Å². The number of carbonyl (C=O) groups excluding carboxylic acids is 1. The van der Waals surface area contributed by atoms with E-state index in [9.17, 15) is 13.6 Å². The molecule has 1 saturated carbocycles. The van der Waals surface area contributed by atoms with E-state index in [1.165, 1.54) is 12.1 Å². The molecule has 4 rings (SSSR count). The highest BCUT2D eigenvalue weighted by Gasteiger charge is 2.42. The number of nitrogens with one attached hydrogen (secondary N) is 1. The molecule has 6 nitrogen and oxygen atoms in total. The maximum atomic E-state index is 13.0. The van der Waals surface area contributed by atoms with Crippen molar-refractivity contribution in [2.45, 2.75) is 44.3 Å². The maximum absolute atomic E-state index is 13.0. The Morgan fingerprint density at radius 1 is 1.13 bits per heavy atom. The first-order valence-electron chi connectivity index (χ1n) is 9.84. The molecule has 0 bridgehead atoms. The molecule has 1 aliphatic rings. The van der Waals surface area contributed by atoms with E-state index in [0.29, 0.717) is 47.6 Å². The number of rotatable bonds is 6. The van der Waals surface area contributed by atoms with Gasteiger partial charge in [0.25, 0.3) is 11.8 Å². The lowest BCUT2D eigenvalue weighted by molar-refractivity contribution is -0.158. The second-order valence-corrected chi connectivity index (χ2v) is 8.04. The molecular formula is C22H20ClF2N3O3. The van der Waals surface area contributed by atoms with Crippen LogP contribution >= 0.6 is 11.6 Å². The SMILES string of the molecule is CC(F)(F)Oc1ccc(-c2noc(C3(NC(=O)c4ccc(Cl)cc4)CCCC3)n2)cc1. The summed E-state index contributed by atoms with van der Waals surface area (Å²) in [6, 6.07) is 12.6. The third kappa shape index (κ3) is 4.85. The van der Waals surface area contributed by atoms with Crippen LogP contribution in [0.2, 0.25) is 5.02 Å². The summed E-state index contributed by atoms with van der Waals surface area (Å²) in [5, 5.41) is 7.64. The molecule has 1 heterocycles. The molecule has 0 saturated heterocycles. The quantitative estimate of drug-likeness (QED) is 0.533. The van der Waals surface area contributed by atoms with Crippen LogP contribution in [0.3, 0.4) is 0 Å². The Labute approximate surface area is 182 Å². The number of nitrogens with zero attached hydrogens (tertiary/aromatic N) is 2. The number of halogens is 3. The predicted molar refractivity (Wildman–Crippen MR) is 110 cm³/mol. The largest absolute Gasteiger partial charge is 0.433 e. The number of carbonyl (C=O) groups is 1. The van der Waals surface area contributed by atoms with Gasteiger partial charge < -0.3 is 14.6 Å². The molecule has 162 valence electrons. The smallest absolute Gasteiger partial charge is 0.394 e. The lowest BCUT2D eigenvalue weighted by Crippen LogP contribution is -2.44. The van der Waals surface area contributed by atoms with E-state index in [-0.39, 0.29) is 11.7 Å². The summed E-state index contributed by atoms with van der Waals surface area (Å²) in [6.07, 6.45) is -0.0949. The third-order valence-corrected chi connectivity index (χ3v) is 5.41. The molecule has 0 unspecified atom stereocenters. The Morgan fingerprint density at radius 2 is 1.77 bits per heavy atom. The summed E-state index contributed by atoms with van der Waals surface area (Å²) in [6.45, 7) is 0.672. The van der Waals surface area contributed by atoms with Gasteiger partial charge in [-0.1, -0.05) is 29.6 Å². The van der Waals surface area contributed by atoms with Gasteiger partial charge in [0.2, 0.25) is 5.82 Å². The highest BCUT2D eigenvalue weighted by Crippen LogP contribution is 2.39. The van der Waals surface area contributed by atoms with Crippen LogP contribution < -0.4 is 10.1 Å². The van der Waals surface area contributed by atoms with Gasteiger partial charge in [-0.05, 0) is 61.4 Å². The van der Waals surface area contributed by atoms with E-state index in [1.807, 2.05) is 0 Å². The van der Waals surface area contributed by atoms with Crippen molar-refractivity contribution in [3.63, 3.8) is 0 Å². The lowest BCUT2D eigenvalue weighted by Gasteiger charge is -2.26. The predicted octanol–water partition coefficient (Wildman–Crippen LogP) is 5.58. The molecule has 1 aromatic heterocycles. The number of hydrogen-bond donors (Lipinski definition) is 1. The van der Waals surface area contributed by atoms with Crippen LogP contribution in [0, 0.1) is 0 Å². The number of hydrogen-bond acceptors (Lipinski definition) is 5. The minimum atomic E-state index is -3.27. The molecule has 1 aliphatic carbocycles. The van der Waals surface area contributed by atoms with Crippen LogP contribution in [-0.2, 0) is 5.54 Å². The van der Waals surface area contributed by atoms with Crippen molar-refractivity contribution < 1.29 is 22.8 Å². The topological polar surface area (TPSA) is 77.3 Å². The van der Waals surface area contributed by atoms with Crippen molar-refractivity contribution in [3.05, 3.63) is 65.0 Å². The Balaban J connectivity index is 1.55. The number of ether oxygens (including phenoxy) is 1. The van der Waals surface area contributed by atoms with Crippen molar-refractivity contribution in [1.82, 2.24) is 15.5 Å². The van der Waals surface area contributed by atoms with Gasteiger partial charge in [0.05, 0.1) is 0 Å². The molecule has 31 heavy (non-hydrogen) atoms. The highest BCUT2D eigenvalue weighted by atomic mass is 35.5.